The number of hydrogen-bond donors (Lipinski definition) is 1. The van der Waals surface area contributed by atoms with Gasteiger partial charge in [-0.05, 0) is 30.7 Å². The fraction of sp³-hybridized carbons (Fsp3) is 0.100. The summed E-state index contributed by atoms with van der Waals surface area (Å²) in [7, 11) is 0. The standard InChI is InChI=1S/C20H15ClN4O2S/c1-12(18(26)22-16-10-6-5-9-15(16)21)25-20(27)14-11-17(28-19(14)23-24-25)13-7-3-2-4-8-13/h2-12H,1H3,(H,22,26)/t12-/m0/s1. The van der Waals surface area contributed by atoms with Crippen LogP contribution >= 0.6 is 22.9 Å². The molecule has 0 aliphatic heterocycles. The quantitative estimate of drug-likeness (QED) is 0.541. The summed E-state index contributed by atoms with van der Waals surface area (Å²) in [5, 5.41) is 11.7. The molecule has 0 aliphatic rings. The van der Waals surface area contributed by atoms with Crippen LogP contribution in [-0.2, 0) is 4.79 Å². The minimum absolute atomic E-state index is 0.356. The first kappa shape index (κ1) is 18.3. The zero-order valence-electron chi connectivity index (χ0n) is 14.8. The number of nitrogens with one attached hydrogen (secondary N) is 1. The molecule has 0 saturated carbocycles. The van der Waals surface area contributed by atoms with Crippen molar-refractivity contribution in [2.75, 3.05) is 5.32 Å². The summed E-state index contributed by atoms with van der Waals surface area (Å²) >= 11 is 7.47. The summed E-state index contributed by atoms with van der Waals surface area (Å²) in [4.78, 5) is 26.9. The third kappa shape index (κ3) is 3.42. The fourth-order valence-corrected chi connectivity index (χ4v) is 3.93. The number of carbonyl (C=O) groups excluding carboxylic acids is 1. The molecular weight excluding hydrogens is 396 g/mol. The maximum atomic E-state index is 12.9. The van der Waals surface area contributed by atoms with E-state index in [1.54, 1.807) is 37.3 Å². The Morgan fingerprint density at radius 2 is 1.86 bits per heavy atom. The molecule has 0 saturated heterocycles. The molecule has 0 unspecified atom stereocenters. The van der Waals surface area contributed by atoms with Gasteiger partial charge in [0, 0.05) is 4.88 Å². The van der Waals surface area contributed by atoms with Gasteiger partial charge in [0.15, 0.2) is 4.83 Å². The van der Waals surface area contributed by atoms with Gasteiger partial charge in [0.25, 0.3) is 5.56 Å². The van der Waals surface area contributed by atoms with Gasteiger partial charge in [-0.25, -0.2) is 0 Å². The molecule has 0 bridgehead atoms. The molecule has 2 heterocycles. The lowest BCUT2D eigenvalue weighted by molar-refractivity contribution is -0.119. The average Bonchev–Trinajstić information content (AvgIpc) is 3.15. The number of fused-ring (bicyclic) bond motifs is 1. The Kier molecular flexibility index (Phi) is 4.93. The Bertz CT molecular complexity index is 1220. The molecule has 28 heavy (non-hydrogen) atoms. The molecule has 8 heteroatoms. The van der Waals surface area contributed by atoms with Crippen LogP contribution in [0.2, 0.25) is 5.02 Å². The normalized spacial score (nSPS) is 12.1. The number of thiophene rings is 1. The number of rotatable bonds is 4. The maximum Gasteiger partial charge on any atom is 0.279 e. The van der Waals surface area contributed by atoms with E-state index in [1.165, 1.54) is 11.3 Å². The number of nitrogens with zero attached hydrogens (tertiary/aromatic N) is 3. The Morgan fingerprint density at radius 3 is 2.61 bits per heavy atom. The molecule has 1 amide bonds. The zero-order chi connectivity index (χ0) is 19.7. The number of hydrogen-bond acceptors (Lipinski definition) is 5. The lowest BCUT2D eigenvalue weighted by atomic mass is 10.2. The Morgan fingerprint density at radius 1 is 1.14 bits per heavy atom. The van der Waals surface area contributed by atoms with Gasteiger partial charge >= 0.3 is 0 Å². The van der Waals surface area contributed by atoms with Crippen LogP contribution in [0.1, 0.15) is 13.0 Å². The maximum absolute atomic E-state index is 12.9. The van der Waals surface area contributed by atoms with E-state index >= 15 is 0 Å². The van der Waals surface area contributed by atoms with Crippen molar-refractivity contribution in [3.63, 3.8) is 0 Å². The number of carbonyl (C=O) groups is 1. The summed E-state index contributed by atoms with van der Waals surface area (Å²) in [5.41, 5.74) is 1.12. The third-order valence-electron chi connectivity index (χ3n) is 4.32. The molecule has 1 N–H and O–H groups in total. The largest absolute Gasteiger partial charge is 0.323 e. The van der Waals surface area contributed by atoms with Gasteiger partial charge in [-0.2, -0.15) is 4.68 Å². The SMILES string of the molecule is C[C@@H](C(=O)Nc1ccccc1Cl)n1nnc2sc(-c3ccccc3)cc2c1=O. The van der Waals surface area contributed by atoms with Crippen LogP contribution in [0.25, 0.3) is 20.7 Å². The van der Waals surface area contributed by atoms with Gasteiger partial charge in [0.05, 0.1) is 16.1 Å². The number of aromatic nitrogens is 3. The molecule has 0 spiro atoms. The predicted molar refractivity (Wildman–Crippen MR) is 112 cm³/mol. The van der Waals surface area contributed by atoms with Crippen molar-refractivity contribution in [1.82, 2.24) is 15.0 Å². The second-order valence-corrected chi connectivity index (χ2v) is 7.62. The summed E-state index contributed by atoms with van der Waals surface area (Å²) < 4.78 is 1.09. The van der Waals surface area contributed by atoms with Gasteiger partial charge in [-0.3, -0.25) is 9.59 Å². The minimum Gasteiger partial charge on any atom is -0.323 e. The molecule has 4 aromatic rings. The Balaban J connectivity index is 1.67. The summed E-state index contributed by atoms with van der Waals surface area (Å²) in [6.45, 7) is 1.60. The van der Waals surface area contributed by atoms with Gasteiger partial charge < -0.3 is 5.32 Å². The van der Waals surface area contributed by atoms with E-state index in [1.807, 2.05) is 30.3 Å². The van der Waals surface area contributed by atoms with E-state index in [-0.39, 0.29) is 5.56 Å². The molecule has 6 nitrogen and oxygen atoms in total. The summed E-state index contributed by atoms with van der Waals surface area (Å²) in [6.07, 6.45) is 0. The van der Waals surface area contributed by atoms with E-state index in [9.17, 15) is 9.59 Å². The van der Waals surface area contributed by atoms with E-state index < -0.39 is 11.9 Å². The highest BCUT2D eigenvalue weighted by atomic mass is 35.5. The molecule has 1 atom stereocenters. The fourth-order valence-electron chi connectivity index (χ4n) is 2.77. The molecule has 2 aromatic heterocycles. The van der Waals surface area contributed by atoms with Crippen LogP contribution in [0.15, 0.2) is 65.5 Å². The van der Waals surface area contributed by atoms with E-state index in [0.717, 1.165) is 15.1 Å². The van der Waals surface area contributed by atoms with Crippen LogP contribution in [0.4, 0.5) is 5.69 Å². The molecule has 140 valence electrons. The van der Waals surface area contributed by atoms with Crippen molar-refractivity contribution in [3.8, 4) is 10.4 Å². The highest BCUT2D eigenvalue weighted by Gasteiger charge is 2.21. The minimum atomic E-state index is -0.847. The number of amides is 1. The van der Waals surface area contributed by atoms with Gasteiger partial charge in [0.2, 0.25) is 5.91 Å². The van der Waals surface area contributed by atoms with Crippen LogP contribution in [-0.4, -0.2) is 20.9 Å². The first-order valence-electron chi connectivity index (χ1n) is 8.54. The van der Waals surface area contributed by atoms with Gasteiger partial charge in [-0.15, -0.1) is 16.4 Å². The highest BCUT2D eigenvalue weighted by molar-refractivity contribution is 7.21. The monoisotopic (exact) mass is 410 g/mol. The first-order chi connectivity index (χ1) is 13.5. The molecule has 0 fully saturated rings. The predicted octanol–water partition coefficient (Wildman–Crippen LogP) is 4.37. The second-order valence-electron chi connectivity index (χ2n) is 6.18. The zero-order valence-corrected chi connectivity index (χ0v) is 16.4. The smallest absolute Gasteiger partial charge is 0.279 e. The van der Waals surface area contributed by atoms with Crippen LogP contribution in [0.5, 0.6) is 0 Å². The number of benzene rings is 2. The van der Waals surface area contributed by atoms with Crippen molar-refractivity contribution in [2.45, 2.75) is 13.0 Å². The number of halogens is 1. The van der Waals surface area contributed by atoms with Crippen LogP contribution in [0.3, 0.4) is 0 Å². The van der Waals surface area contributed by atoms with E-state index in [0.29, 0.717) is 20.9 Å². The van der Waals surface area contributed by atoms with Crippen LogP contribution in [0, 0.1) is 0 Å². The van der Waals surface area contributed by atoms with Crippen molar-refractivity contribution in [1.29, 1.82) is 0 Å². The van der Waals surface area contributed by atoms with Crippen molar-refractivity contribution >= 4 is 44.7 Å². The first-order valence-corrected chi connectivity index (χ1v) is 9.74. The van der Waals surface area contributed by atoms with Crippen LogP contribution < -0.4 is 10.9 Å². The van der Waals surface area contributed by atoms with Gasteiger partial charge in [-0.1, -0.05) is 59.3 Å². The van der Waals surface area contributed by atoms with Crippen molar-refractivity contribution in [2.24, 2.45) is 0 Å². The average molecular weight is 411 g/mol. The van der Waals surface area contributed by atoms with Gasteiger partial charge in [0.1, 0.15) is 6.04 Å². The topological polar surface area (TPSA) is 76.9 Å². The molecule has 4 rings (SSSR count). The van der Waals surface area contributed by atoms with E-state index in [4.69, 9.17) is 11.6 Å². The molecular formula is C20H15ClN4O2S. The lowest BCUT2D eigenvalue weighted by Crippen LogP contribution is -2.33. The molecule has 0 aliphatic carbocycles. The second kappa shape index (κ2) is 7.53. The number of para-hydroxylation sites is 1. The third-order valence-corrected chi connectivity index (χ3v) is 5.72. The summed E-state index contributed by atoms with van der Waals surface area (Å²) in [6, 6.07) is 17.6. The lowest BCUT2D eigenvalue weighted by Gasteiger charge is -2.13. The Hall–Kier alpha value is -3.03. The highest BCUT2D eigenvalue weighted by Crippen LogP contribution is 2.30. The van der Waals surface area contributed by atoms with Crippen molar-refractivity contribution in [3.05, 3.63) is 76.0 Å². The Labute approximate surface area is 169 Å². The molecule has 2 aromatic carbocycles. The number of anilines is 1. The summed E-state index contributed by atoms with van der Waals surface area (Å²) in [5.74, 6) is -0.401. The van der Waals surface area contributed by atoms with Crippen molar-refractivity contribution < 1.29 is 4.79 Å². The van der Waals surface area contributed by atoms with E-state index in [2.05, 4.69) is 15.6 Å². The molecule has 0 radical (unpaired) electrons.